The molecule has 2 rings (SSSR count). The highest BCUT2D eigenvalue weighted by atomic mass is 16.4. The standard InChI is InChI=1S/C16H20N2O3/c1-4-5-14(16(20)21)18-15(19)11-6-7-13-12(8-11)9(2)10(3)17-13/h6-8,14,17H,4-5H2,1-3H3,(H,18,19)(H,20,21)/t14-/m0/s1. The topological polar surface area (TPSA) is 82.2 Å². The number of rotatable bonds is 5. The Labute approximate surface area is 123 Å². The van der Waals surface area contributed by atoms with E-state index in [1.807, 2.05) is 26.8 Å². The van der Waals surface area contributed by atoms with Crippen molar-refractivity contribution in [3.05, 3.63) is 35.0 Å². The number of aromatic nitrogens is 1. The van der Waals surface area contributed by atoms with E-state index >= 15 is 0 Å². The molecule has 5 nitrogen and oxygen atoms in total. The molecule has 1 aromatic carbocycles. The fraction of sp³-hybridized carbons (Fsp3) is 0.375. The molecule has 112 valence electrons. The lowest BCUT2D eigenvalue weighted by atomic mass is 10.1. The van der Waals surface area contributed by atoms with Crippen molar-refractivity contribution in [3.63, 3.8) is 0 Å². The minimum atomic E-state index is -1.00. The normalized spacial score (nSPS) is 12.3. The van der Waals surface area contributed by atoms with Gasteiger partial charge in [-0.1, -0.05) is 13.3 Å². The smallest absolute Gasteiger partial charge is 0.326 e. The summed E-state index contributed by atoms with van der Waals surface area (Å²) >= 11 is 0. The maximum atomic E-state index is 12.2. The number of carbonyl (C=O) groups excluding carboxylic acids is 1. The number of aryl methyl sites for hydroxylation is 2. The van der Waals surface area contributed by atoms with Gasteiger partial charge in [0.15, 0.2) is 0 Å². The number of carboxylic acid groups (broad SMARTS) is 1. The van der Waals surface area contributed by atoms with Gasteiger partial charge in [-0.05, 0) is 44.0 Å². The third kappa shape index (κ3) is 3.07. The Kier molecular flexibility index (Phi) is 4.31. The van der Waals surface area contributed by atoms with Gasteiger partial charge in [-0.2, -0.15) is 0 Å². The van der Waals surface area contributed by atoms with Gasteiger partial charge in [0.25, 0.3) is 5.91 Å². The summed E-state index contributed by atoms with van der Waals surface area (Å²) < 4.78 is 0. The van der Waals surface area contributed by atoms with Gasteiger partial charge in [0.2, 0.25) is 0 Å². The number of benzene rings is 1. The number of aliphatic carboxylic acids is 1. The number of hydrogen-bond acceptors (Lipinski definition) is 2. The number of nitrogens with one attached hydrogen (secondary N) is 2. The van der Waals surface area contributed by atoms with E-state index in [9.17, 15) is 9.59 Å². The lowest BCUT2D eigenvalue weighted by molar-refractivity contribution is -0.139. The van der Waals surface area contributed by atoms with E-state index in [2.05, 4.69) is 10.3 Å². The summed E-state index contributed by atoms with van der Waals surface area (Å²) in [4.78, 5) is 26.6. The van der Waals surface area contributed by atoms with Crippen LogP contribution < -0.4 is 5.32 Å². The predicted molar refractivity (Wildman–Crippen MR) is 81.6 cm³/mol. The minimum absolute atomic E-state index is 0.351. The van der Waals surface area contributed by atoms with E-state index in [0.717, 1.165) is 22.2 Å². The number of aromatic amines is 1. The highest BCUT2D eigenvalue weighted by Crippen LogP contribution is 2.22. The molecule has 0 bridgehead atoms. The zero-order chi connectivity index (χ0) is 15.6. The molecule has 3 N–H and O–H groups in total. The van der Waals surface area contributed by atoms with Gasteiger partial charge >= 0.3 is 5.97 Å². The average Bonchev–Trinajstić information content (AvgIpc) is 2.73. The van der Waals surface area contributed by atoms with Gasteiger partial charge in [-0.15, -0.1) is 0 Å². The van der Waals surface area contributed by atoms with Crippen molar-refractivity contribution in [3.8, 4) is 0 Å². The molecule has 2 aromatic rings. The zero-order valence-corrected chi connectivity index (χ0v) is 12.5. The first-order chi connectivity index (χ1) is 9.93. The second-order valence-electron chi connectivity index (χ2n) is 5.29. The van der Waals surface area contributed by atoms with E-state index in [1.54, 1.807) is 12.1 Å². The molecule has 1 heterocycles. The third-order valence-electron chi connectivity index (χ3n) is 3.75. The molecule has 0 aliphatic rings. The molecule has 0 radical (unpaired) electrons. The van der Waals surface area contributed by atoms with Crippen LogP contribution in [0.4, 0.5) is 0 Å². The van der Waals surface area contributed by atoms with Gasteiger partial charge in [-0.3, -0.25) is 4.79 Å². The highest BCUT2D eigenvalue weighted by Gasteiger charge is 2.20. The summed E-state index contributed by atoms with van der Waals surface area (Å²) in [6.45, 7) is 5.86. The number of hydrogen-bond donors (Lipinski definition) is 3. The molecule has 0 fully saturated rings. The van der Waals surface area contributed by atoms with Crippen LogP contribution in [0.2, 0.25) is 0 Å². The molecule has 1 amide bonds. The molecule has 0 aliphatic carbocycles. The number of amides is 1. The molecule has 0 unspecified atom stereocenters. The molecule has 1 aromatic heterocycles. The van der Waals surface area contributed by atoms with Crippen LogP contribution in [-0.2, 0) is 4.79 Å². The Hall–Kier alpha value is -2.30. The molecular formula is C16H20N2O3. The summed E-state index contributed by atoms with van der Waals surface area (Å²) in [7, 11) is 0. The Morgan fingerprint density at radius 1 is 1.33 bits per heavy atom. The van der Waals surface area contributed by atoms with Crippen LogP contribution >= 0.6 is 0 Å². The van der Waals surface area contributed by atoms with Crippen LogP contribution in [0.1, 0.15) is 41.4 Å². The maximum absolute atomic E-state index is 12.2. The highest BCUT2D eigenvalue weighted by molar-refractivity contribution is 6.00. The van der Waals surface area contributed by atoms with Crippen LogP contribution in [0.5, 0.6) is 0 Å². The van der Waals surface area contributed by atoms with Crippen molar-refractivity contribution in [1.82, 2.24) is 10.3 Å². The monoisotopic (exact) mass is 288 g/mol. The van der Waals surface area contributed by atoms with Crippen molar-refractivity contribution in [2.45, 2.75) is 39.7 Å². The van der Waals surface area contributed by atoms with Crippen LogP contribution in [0.25, 0.3) is 10.9 Å². The van der Waals surface area contributed by atoms with Gasteiger partial charge in [0.1, 0.15) is 6.04 Å². The van der Waals surface area contributed by atoms with Gasteiger partial charge < -0.3 is 15.4 Å². The number of carboxylic acids is 1. The summed E-state index contributed by atoms with van der Waals surface area (Å²) in [6, 6.07) is 4.51. The van der Waals surface area contributed by atoms with E-state index in [-0.39, 0.29) is 5.91 Å². The van der Waals surface area contributed by atoms with Crippen LogP contribution in [0.3, 0.4) is 0 Å². The van der Waals surface area contributed by atoms with Crippen molar-refractivity contribution in [1.29, 1.82) is 0 Å². The predicted octanol–water partition coefficient (Wildman–Crippen LogP) is 2.77. The first kappa shape index (κ1) is 15.1. The maximum Gasteiger partial charge on any atom is 0.326 e. The second-order valence-corrected chi connectivity index (χ2v) is 5.29. The molecular weight excluding hydrogens is 268 g/mol. The summed E-state index contributed by atoms with van der Waals surface area (Å²) in [6.07, 6.45) is 1.12. The molecule has 0 aliphatic heterocycles. The summed E-state index contributed by atoms with van der Waals surface area (Å²) in [5.74, 6) is -1.35. The van der Waals surface area contributed by atoms with E-state index in [4.69, 9.17) is 5.11 Å². The second kappa shape index (κ2) is 5.99. The average molecular weight is 288 g/mol. The van der Waals surface area contributed by atoms with Gasteiger partial charge in [-0.25, -0.2) is 4.79 Å². The van der Waals surface area contributed by atoms with Gasteiger partial charge in [0, 0.05) is 22.2 Å². The Balaban J connectivity index is 2.26. The molecule has 0 saturated carbocycles. The molecule has 5 heteroatoms. The quantitative estimate of drug-likeness (QED) is 0.791. The fourth-order valence-electron chi connectivity index (χ4n) is 2.39. The van der Waals surface area contributed by atoms with Crippen molar-refractivity contribution in [2.24, 2.45) is 0 Å². The zero-order valence-electron chi connectivity index (χ0n) is 12.5. The molecule has 0 saturated heterocycles. The van der Waals surface area contributed by atoms with Gasteiger partial charge in [0.05, 0.1) is 0 Å². The van der Waals surface area contributed by atoms with Crippen molar-refractivity contribution >= 4 is 22.8 Å². The van der Waals surface area contributed by atoms with E-state index < -0.39 is 12.0 Å². The lowest BCUT2D eigenvalue weighted by Gasteiger charge is -2.13. The van der Waals surface area contributed by atoms with Crippen molar-refractivity contribution < 1.29 is 14.7 Å². The minimum Gasteiger partial charge on any atom is -0.480 e. The fourth-order valence-corrected chi connectivity index (χ4v) is 2.39. The molecule has 0 spiro atoms. The van der Waals surface area contributed by atoms with E-state index in [1.165, 1.54) is 0 Å². The van der Waals surface area contributed by atoms with Crippen LogP contribution in [-0.4, -0.2) is 28.0 Å². The first-order valence-electron chi connectivity index (χ1n) is 7.06. The number of fused-ring (bicyclic) bond motifs is 1. The Morgan fingerprint density at radius 2 is 2.05 bits per heavy atom. The van der Waals surface area contributed by atoms with Crippen LogP contribution in [0.15, 0.2) is 18.2 Å². The lowest BCUT2D eigenvalue weighted by Crippen LogP contribution is -2.40. The first-order valence-corrected chi connectivity index (χ1v) is 7.06. The van der Waals surface area contributed by atoms with Crippen molar-refractivity contribution in [2.75, 3.05) is 0 Å². The summed E-state index contributed by atoms with van der Waals surface area (Å²) in [5, 5.41) is 12.7. The molecule has 21 heavy (non-hydrogen) atoms. The Morgan fingerprint density at radius 3 is 2.67 bits per heavy atom. The SMILES string of the molecule is CCC[C@H](NC(=O)c1ccc2[nH]c(C)c(C)c2c1)C(=O)O. The van der Waals surface area contributed by atoms with E-state index in [0.29, 0.717) is 18.4 Å². The third-order valence-corrected chi connectivity index (χ3v) is 3.75. The number of H-pyrrole nitrogens is 1. The molecule has 1 atom stereocenters. The number of carbonyl (C=O) groups is 2. The van der Waals surface area contributed by atoms with Crippen LogP contribution in [0, 0.1) is 13.8 Å². The summed E-state index contributed by atoms with van der Waals surface area (Å²) in [5.41, 5.74) is 3.62. The Bertz CT molecular complexity index is 688. The largest absolute Gasteiger partial charge is 0.480 e.